The topological polar surface area (TPSA) is 93.4 Å². The number of hydrogen-bond donors (Lipinski definition) is 3. The smallest absolute Gasteiger partial charge is 0.419 e. The molecule has 8 nitrogen and oxygen atoms in total. The zero-order chi connectivity index (χ0) is 28.7. The summed E-state index contributed by atoms with van der Waals surface area (Å²) in [5.41, 5.74) is 4.98. The summed E-state index contributed by atoms with van der Waals surface area (Å²) in [5.74, 6) is -0.0245. The second-order valence-electron chi connectivity index (χ2n) is 10.5. The van der Waals surface area contributed by atoms with E-state index in [9.17, 15) is 17.6 Å². The molecule has 1 unspecified atom stereocenters. The zero-order valence-electron chi connectivity index (χ0n) is 22.9. The summed E-state index contributed by atoms with van der Waals surface area (Å²) in [6, 6.07) is 4.46. The Morgan fingerprint density at radius 3 is 2.46 bits per heavy atom. The average molecular weight is 554 g/mol. The van der Waals surface area contributed by atoms with E-state index in [0.717, 1.165) is 6.54 Å². The lowest BCUT2D eigenvalue weighted by atomic mass is 9.80. The van der Waals surface area contributed by atoms with Crippen LogP contribution in [0.15, 0.2) is 29.3 Å². The number of aliphatic imine (C=N–C) groups is 1. The van der Waals surface area contributed by atoms with Gasteiger partial charge in [-0.15, -0.1) is 0 Å². The van der Waals surface area contributed by atoms with Crippen LogP contribution >= 0.6 is 0 Å². The van der Waals surface area contributed by atoms with Gasteiger partial charge in [-0.05, 0) is 53.1 Å². The van der Waals surface area contributed by atoms with Crippen LogP contribution < -0.4 is 25.8 Å². The van der Waals surface area contributed by atoms with Gasteiger partial charge in [0.05, 0.1) is 43.0 Å². The molecule has 1 saturated heterocycles. The van der Waals surface area contributed by atoms with Gasteiger partial charge in [0.1, 0.15) is 23.9 Å². The van der Waals surface area contributed by atoms with Gasteiger partial charge in [0.2, 0.25) is 0 Å². The predicted molar refractivity (Wildman–Crippen MR) is 142 cm³/mol. The van der Waals surface area contributed by atoms with Crippen LogP contribution in [-0.4, -0.2) is 64.0 Å². The number of anilines is 2. The molecule has 0 spiro atoms. The molecule has 0 bridgehead atoms. The number of benzene rings is 2. The standard InChI is InChI=1S/C27H35F4N5O3/c1-14(18-7-17(32)8-20(24(18)28)27(29,30)31)33-25-19-9-23(22(37-6)10-21(19)34-16(3)35-25)39-15(2)26(11-36(4)5)12-38-13-26/h7-10,14-16,34H,11-13,32H2,1-6H3,(H,33,35)/t14-,15+,16?/m1/s1. The number of rotatable bonds is 8. The SMILES string of the molecule is COc1cc2c(cc1O[C@@H](C)C1(CN(C)C)COC1)C(N[C@H](C)c1cc(N)cc(C(F)(F)F)c1F)=NC(C)N2. The molecule has 214 valence electrons. The van der Waals surface area contributed by atoms with E-state index in [4.69, 9.17) is 19.9 Å². The highest BCUT2D eigenvalue weighted by Gasteiger charge is 2.46. The minimum Gasteiger partial charge on any atom is -0.493 e. The average Bonchev–Trinajstić information content (AvgIpc) is 2.81. The number of ether oxygens (including phenoxy) is 3. The fraction of sp³-hybridized carbons (Fsp3) is 0.519. The summed E-state index contributed by atoms with van der Waals surface area (Å²) in [4.78, 5) is 6.69. The van der Waals surface area contributed by atoms with Crippen molar-refractivity contribution in [2.75, 3.05) is 52.0 Å². The summed E-state index contributed by atoms with van der Waals surface area (Å²) in [5, 5.41) is 6.34. The molecule has 0 amide bonds. The molecule has 4 N–H and O–H groups in total. The van der Waals surface area contributed by atoms with Crippen LogP contribution in [0.5, 0.6) is 11.5 Å². The van der Waals surface area contributed by atoms with E-state index >= 15 is 0 Å². The second-order valence-corrected chi connectivity index (χ2v) is 10.5. The molecule has 1 fully saturated rings. The molecule has 0 aromatic heterocycles. The third-order valence-electron chi connectivity index (χ3n) is 7.07. The number of nitrogens with zero attached hydrogens (tertiary/aromatic N) is 2. The van der Waals surface area contributed by atoms with Crippen molar-refractivity contribution in [3.05, 3.63) is 46.8 Å². The second kappa shape index (κ2) is 10.7. The van der Waals surface area contributed by atoms with Gasteiger partial charge in [-0.2, -0.15) is 13.2 Å². The van der Waals surface area contributed by atoms with Crippen molar-refractivity contribution in [3.63, 3.8) is 0 Å². The van der Waals surface area contributed by atoms with Crippen molar-refractivity contribution < 1.29 is 31.8 Å². The van der Waals surface area contributed by atoms with E-state index in [1.807, 2.05) is 27.9 Å². The number of amidine groups is 1. The first-order valence-electron chi connectivity index (χ1n) is 12.6. The minimum atomic E-state index is -4.88. The Morgan fingerprint density at radius 2 is 1.90 bits per heavy atom. The van der Waals surface area contributed by atoms with Gasteiger partial charge in [-0.25, -0.2) is 9.38 Å². The first-order chi connectivity index (χ1) is 18.2. The van der Waals surface area contributed by atoms with Crippen LogP contribution in [0.2, 0.25) is 0 Å². The third kappa shape index (κ3) is 5.86. The maximum absolute atomic E-state index is 15.0. The molecular formula is C27H35F4N5O3. The number of fused-ring (bicyclic) bond motifs is 1. The van der Waals surface area contributed by atoms with Gasteiger partial charge < -0.3 is 35.5 Å². The Kier molecular flexibility index (Phi) is 7.91. The van der Waals surface area contributed by atoms with Gasteiger partial charge in [-0.1, -0.05) is 0 Å². The Balaban J connectivity index is 1.66. The Morgan fingerprint density at radius 1 is 1.21 bits per heavy atom. The maximum Gasteiger partial charge on any atom is 0.419 e. The molecular weight excluding hydrogens is 518 g/mol. The molecule has 2 aliphatic heterocycles. The van der Waals surface area contributed by atoms with Crippen LogP contribution in [0.25, 0.3) is 0 Å². The molecule has 12 heteroatoms. The minimum absolute atomic E-state index is 0.186. The van der Waals surface area contributed by atoms with E-state index in [1.54, 1.807) is 26.2 Å². The predicted octanol–water partition coefficient (Wildman–Crippen LogP) is 4.65. The maximum atomic E-state index is 15.0. The van der Waals surface area contributed by atoms with Gasteiger partial charge in [-0.3, -0.25) is 0 Å². The van der Waals surface area contributed by atoms with Crippen molar-refractivity contribution in [1.29, 1.82) is 0 Å². The van der Waals surface area contributed by atoms with E-state index in [1.165, 1.54) is 6.07 Å². The molecule has 4 rings (SSSR count). The lowest BCUT2D eigenvalue weighted by Crippen LogP contribution is -2.57. The van der Waals surface area contributed by atoms with E-state index in [-0.39, 0.29) is 28.9 Å². The van der Waals surface area contributed by atoms with Gasteiger partial charge in [0.15, 0.2) is 11.5 Å². The number of nitrogens with one attached hydrogen (secondary N) is 2. The zero-order valence-corrected chi connectivity index (χ0v) is 22.9. The first kappa shape index (κ1) is 28.8. The highest BCUT2D eigenvalue weighted by atomic mass is 19.4. The molecule has 2 aromatic rings. The number of nitrogens with two attached hydrogens (primary N) is 1. The van der Waals surface area contributed by atoms with Crippen molar-refractivity contribution in [2.45, 2.75) is 45.3 Å². The lowest BCUT2D eigenvalue weighted by Gasteiger charge is -2.47. The molecule has 3 atom stereocenters. The van der Waals surface area contributed by atoms with Crippen molar-refractivity contribution in [1.82, 2.24) is 10.2 Å². The largest absolute Gasteiger partial charge is 0.493 e. The van der Waals surface area contributed by atoms with Crippen LogP contribution in [0.4, 0.5) is 28.9 Å². The van der Waals surface area contributed by atoms with E-state index in [2.05, 4.69) is 20.5 Å². The van der Waals surface area contributed by atoms with E-state index < -0.39 is 23.6 Å². The molecule has 0 aliphatic carbocycles. The molecule has 2 aromatic carbocycles. The summed E-state index contributed by atoms with van der Waals surface area (Å²) >= 11 is 0. The number of hydrogen-bond acceptors (Lipinski definition) is 8. The van der Waals surface area contributed by atoms with Gasteiger partial charge >= 0.3 is 6.18 Å². The molecule has 0 radical (unpaired) electrons. The van der Waals surface area contributed by atoms with E-state index in [0.29, 0.717) is 47.9 Å². The van der Waals surface area contributed by atoms with Crippen molar-refractivity contribution in [3.8, 4) is 11.5 Å². The Hall–Kier alpha value is -3.25. The number of methoxy groups -OCH3 is 1. The molecule has 39 heavy (non-hydrogen) atoms. The van der Waals surface area contributed by atoms with Crippen LogP contribution in [0.1, 0.15) is 43.5 Å². The van der Waals surface area contributed by atoms with Crippen LogP contribution in [0.3, 0.4) is 0 Å². The summed E-state index contributed by atoms with van der Waals surface area (Å²) < 4.78 is 72.7. The normalized spacial score (nSPS) is 19.8. The quantitative estimate of drug-likeness (QED) is 0.324. The Labute approximate surface area is 225 Å². The van der Waals surface area contributed by atoms with Gasteiger partial charge in [0.25, 0.3) is 0 Å². The highest BCUT2D eigenvalue weighted by molar-refractivity contribution is 6.06. The van der Waals surface area contributed by atoms with Crippen molar-refractivity contribution in [2.24, 2.45) is 10.4 Å². The first-order valence-corrected chi connectivity index (χ1v) is 12.6. The molecule has 2 aliphatic rings. The molecule has 0 saturated carbocycles. The summed E-state index contributed by atoms with van der Waals surface area (Å²) in [6.07, 6.45) is -5.46. The van der Waals surface area contributed by atoms with Gasteiger partial charge in [0, 0.05) is 29.4 Å². The number of nitrogen functional groups attached to an aromatic ring is 1. The fourth-order valence-electron chi connectivity index (χ4n) is 5.00. The summed E-state index contributed by atoms with van der Waals surface area (Å²) in [6.45, 7) is 7.27. The third-order valence-corrected chi connectivity index (χ3v) is 7.07. The van der Waals surface area contributed by atoms with Crippen LogP contribution in [-0.2, 0) is 10.9 Å². The van der Waals surface area contributed by atoms with Crippen LogP contribution in [0, 0.1) is 11.2 Å². The fourth-order valence-corrected chi connectivity index (χ4v) is 5.00. The Bertz CT molecular complexity index is 1250. The number of alkyl halides is 3. The molecule has 2 heterocycles. The summed E-state index contributed by atoms with van der Waals surface area (Å²) in [7, 11) is 5.54. The monoisotopic (exact) mass is 553 g/mol. The van der Waals surface area contributed by atoms with Crippen molar-refractivity contribution >= 4 is 17.2 Å². The lowest BCUT2D eigenvalue weighted by molar-refractivity contribution is -0.167. The number of halogens is 4. The highest BCUT2D eigenvalue weighted by Crippen LogP contribution is 2.41.